The van der Waals surface area contributed by atoms with Crippen LogP contribution >= 0.6 is 0 Å². The standard InChI is InChI=1S/C15H21N3O/c1-10-18-12-5-4-11(8-13(12)19-10)14(17-2)15(9-16)6-3-7-15/h4-5,8,14,17H,3,6-7,9,16H2,1-2H3. The van der Waals surface area contributed by atoms with Gasteiger partial charge in [-0.15, -0.1) is 0 Å². The minimum Gasteiger partial charge on any atom is -0.441 e. The summed E-state index contributed by atoms with van der Waals surface area (Å²) < 4.78 is 5.63. The van der Waals surface area contributed by atoms with E-state index in [0.717, 1.165) is 17.6 Å². The lowest BCUT2D eigenvalue weighted by Crippen LogP contribution is -2.47. The highest BCUT2D eigenvalue weighted by Gasteiger charge is 2.43. The van der Waals surface area contributed by atoms with Gasteiger partial charge in [-0.05, 0) is 44.1 Å². The van der Waals surface area contributed by atoms with Gasteiger partial charge in [0.1, 0.15) is 5.52 Å². The summed E-state index contributed by atoms with van der Waals surface area (Å²) in [6.45, 7) is 2.61. The Morgan fingerprint density at radius 2 is 2.26 bits per heavy atom. The summed E-state index contributed by atoms with van der Waals surface area (Å²) in [5.41, 5.74) is 9.26. The predicted molar refractivity (Wildman–Crippen MR) is 75.9 cm³/mol. The van der Waals surface area contributed by atoms with Crippen LogP contribution in [0.15, 0.2) is 22.6 Å². The molecule has 4 nitrogen and oxygen atoms in total. The van der Waals surface area contributed by atoms with Gasteiger partial charge in [-0.25, -0.2) is 4.98 Å². The van der Waals surface area contributed by atoms with Crippen LogP contribution in [0.1, 0.15) is 36.8 Å². The van der Waals surface area contributed by atoms with Crippen molar-refractivity contribution in [3.63, 3.8) is 0 Å². The molecule has 3 N–H and O–H groups in total. The Hall–Kier alpha value is -1.39. The number of aromatic nitrogens is 1. The first kappa shape index (κ1) is 12.6. The largest absolute Gasteiger partial charge is 0.441 e. The molecule has 3 rings (SSSR count). The van der Waals surface area contributed by atoms with Crippen LogP contribution in [0, 0.1) is 12.3 Å². The summed E-state index contributed by atoms with van der Waals surface area (Å²) in [6.07, 6.45) is 3.67. The van der Waals surface area contributed by atoms with E-state index in [4.69, 9.17) is 10.2 Å². The van der Waals surface area contributed by atoms with Crippen LogP contribution < -0.4 is 11.1 Å². The summed E-state index contributed by atoms with van der Waals surface area (Å²) in [6, 6.07) is 6.57. The molecule has 1 aliphatic rings. The Bertz CT molecular complexity index is 581. The molecule has 1 unspecified atom stereocenters. The third-order valence-corrected chi connectivity index (χ3v) is 4.51. The Kier molecular flexibility index (Phi) is 3.07. The van der Waals surface area contributed by atoms with Gasteiger partial charge >= 0.3 is 0 Å². The zero-order valence-corrected chi connectivity index (χ0v) is 11.6. The number of rotatable bonds is 4. The van der Waals surface area contributed by atoms with Crippen LogP contribution in [-0.2, 0) is 0 Å². The molecule has 1 atom stereocenters. The van der Waals surface area contributed by atoms with Crippen LogP contribution in [0.3, 0.4) is 0 Å². The van der Waals surface area contributed by atoms with E-state index in [1.54, 1.807) is 0 Å². The lowest BCUT2D eigenvalue weighted by molar-refractivity contribution is 0.0880. The molecule has 0 spiro atoms. The maximum absolute atomic E-state index is 6.02. The van der Waals surface area contributed by atoms with Gasteiger partial charge in [0.15, 0.2) is 11.5 Å². The number of hydrogen-bond donors (Lipinski definition) is 2. The van der Waals surface area contributed by atoms with Gasteiger partial charge in [0.05, 0.1) is 0 Å². The molecule has 19 heavy (non-hydrogen) atoms. The molecular formula is C15H21N3O. The minimum absolute atomic E-state index is 0.206. The third kappa shape index (κ3) is 1.95. The van der Waals surface area contributed by atoms with E-state index in [0.29, 0.717) is 11.9 Å². The van der Waals surface area contributed by atoms with Crippen molar-refractivity contribution in [3.8, 4) is 0 Å². The first-order chi connectivity index (χ1) is 9.18. The lowest BCUT2D eigenvalue weighted by Gasteiger charge is -2.47. The number of nitrogens with two attached hydrogens (primary N) is 1. The zero-order valence-electron chi connectivity index (χ0n) is 11.6. The Morgan fingerprint density at radius 3 is 2.84 bits per heavy atom. The molecule has 0 radical (unpaired) electrons. The van der Waals surface area contributed by atoms with E-state index in [9.17, 15) is 0 Å². The topological polar surface area (TPSA) is 64.1 Å². The van der Waals surface area contributed by atoms with Crippen molar-refractivity contribution in [1.82, 2.24) is 10.3 Å². The van der Waals surface area contributed by atoms with Crippen molar-refractivity contribution >= 4 is 11.1 Å². The molecule has 102 valence electrons. The van der Waals surface area contributed by atoms with Crippen molar-refractivity contribution in [2.75, 3.05) is 13.6 Å². The number of benzene rings is 1. The molecule has 0 saturated heterocycles. The second kappa shape index (κ2) is 4.62. The van der Waals surface area contributed by atoms with Crippen molar-refractivity contribution in [1.29, 1.82) is 0 Å². The predicted octanol–water partition coefficient (Wildman–Crippen LogP) is 2.53. The van der Waals surface area contributed by atoms with E-state index >= 15 is 0 Å². The van der Waals surface area contributed by atoms with Crippen molar-refractivity contribution < 1.29 is 4.42 Å². The van der Waals surface area contributed by atoms with E-state index in [1.807, 2.05) is 20.0 Å². The van der Waals surface area contributed by atoms with Crippen LogP contribution in [-0.4, -0.2) is 18.6 Å². The van der Waals surface area contributed by atoms with Gasteiger partial charge in [-0.1, -0.05) is 12.5 Å². The number of fused-ring (bicyclic) bond motifs is 1. The average Bonchev–Trinajstić information content (AvgIpc) is 2.72. The van der Waals surface area contributed by atoms with Gasteiger partial charge in [0, 0.05) is 18.4 Å². The summed E-state index contributed by atoms with van der Waals surface area (Å²) in [4.78, 5) is 4.34. The summed E-state index contributed by atoms with van der Waals surface area (Å²) in [7, 11) is 2.01. The first-order valence-corrected chi connectivity index (χ1v) is 6.93. The number of oxazole rings is 1. The molecule has 0 bridgehead atoms. The fraction of sp³-hybridized carbons (Fsp3) is 0.533. The Morgan fingerprint density at radius 1 is 1.47 bits per heavy atom. The molecule has 2 aromatic rings. The maximum atomic E-state index is 6.02. The van der Waals surface area contributed by atoms with E-state index in [-0.39, 0.29) is 5.41 Å². The number of aryl methyl sites for hydroxylation is 1. The Labute approximate surface area is 113 Å². The molecule has 0 amide bonds. The van der Waals surface area contributed by atoms with Crippen molar-refractivity contribution in [2.45, 2.75) is 32.2 Å². The third-order valence-electron chi connectivity index (χ3n) is 4.51. The molecule has 1 fully saturated rings. The van der Waals surface area contributed by atoms with E-state index in [1.165, 1.54) is 24.8 Å². The smallest absolute Gasteiger partial charge is 0.192 e. The number of nitrogens with one attached hydrogen (secondary N) is 1. The van der Waals surface area contributed by atoms with Gasteiger partial charge in [0.25, 0.3) is 0 Å². The summed E-state index contributed by atoms with van der Waals surface area (Å²) in [5, 5.41) is 3.44. The van der Waals surface area contributed by atoms with Gasteiger partial charge < -0.3 is 15.5 Å². The molecule has 1 aliphatic carbocycles. The number of hydrogen-bond acceptors (Lipinski definition) is 4. The van der Waals surface area contributed by atoms with Gasteiger partial charge in [0.2, 0.25) is 0 Å². The molecular weight excluding hydrogens is 238 g/mol. The van der Waals surface area contributed by atoms with Crippen LogP contribution in [0.5, 0.6) is 0 Å². The molecule has 1 heterocycles. The first-order valence-electron chi connectivity index (χ1n) is 6.93. The van der Waals surface area contributed by atoms with Crippen molar-refractivity contribution in [2.24, 2.45) is 11.1 Å². The van der Waals surface area contributed by atoms with Crippen LogP contribution in [0.25, 0.3) is 11.1 Å². The van der Waals surface area contributed by atoms with Gasteiger partial charge in [-0.2, -0.15) is 0 Å². The highest BCUT2D eigenvalue weighted by Crippen LogP contribution is 2.49. The van der Waals surface area contributed by atoms with Gasteiger partial charge in [-0.3, -0.25) is 0 Å². The zero-order chi connectivity index (χ0) is 13.5. The highest BCUT2D eigenvalue weighted by atomic mass is 16.3. The number of nitrogens with zero attached hydrogens (tertiary/aromatic N) is 1. The SMILES string of the molecule is CNC(c1ccc2nc(C)oc2c1)C1(CN)CCC1. The molecule has 1 aromatic heterocycles. The second-order valence-electron chi connectivity index (χ2n) is 5.60. The minimum atomic E-state index is 0.206. The summed E-state index contributed by atoms with van der Waals surface area (Å²) in [5.74, 6) is 0.713. The Balaban J connectivity index is 2.01. The molecule has 4 heteroatoms. The van der Waals surface area contributed by atoms with E-state index in [2.05, 4.69) is 22.4 Å². The summed E-state index contributed by atoms with van der Waals surface area (Å²) >= 11 is 0. The fourth-order valence-corrected chi connectivity index (χ4v) is 3.30. The normalized spacial score (nSPS) is 19.3. The molecule has 1 saturated carbocycles. The second-order valence-corrected chi connectivity index (χ2v) is 5.60. The highest BCUT2D eigenvalue weighted by molar-refractivity contribution is 5.73. The monoisotopic (exact) mass is 259 g/mol. The average molecular weight is 259 g/mol. The van der Waals surface area contributed by atoms with Crippen LogP contribution in [0.4, 0.5) is 0 Å². The maximum Gasteiger partial charge on any atom is 0.192 e. The van der Waals surface area contributed by atoms with E-state index < -0.39 is 0 Å². The van der Waals surface area contributed by atoms with Crippen molar-refractivity contribution in [3.05, 3.63) is 29.7 Å². The fourth-order valence-electron chi connectivity index (χ4n) is 3.30. The lowest BCUT2D eigenvalue weighted by atomic mass is 9.62. The van der Waals surface area contributed by atoms with Crippen LogP contribution in [0.2, 0.25) is 0 Å². The molecule has 0 aliphatic heterocycles. The quantitative estimate of drug-likeness (QED) is 0.885. The molecule has 1 aromatic carbocycles.